The van der Waals surface area contributed by atoms with Crippen LogP contribution in [-0.4, -0.2) is 36.3 Å². The van der Waals surface area contributed by atoms with E-state index in [0.717, 1.165) is 37.9 Å². The predicted octanol–water partition coefficient (Wildman–Crippen LogP) is 3.39. The van der Waals surface area contributed by atoms with Gasteiger partial charge in [-0.1, -0.05) is 38.5 Å². The molecule has 0 bridgehead atoms. The monoisotopic (exact) mass is 316 g/mol. The molecule has 0 radical (unpaired) electrons. The van der Waals surface area contributed by atoms with Crippen molar-refractivity contribution >= 4 is 17.5 Å². The van der Waals surface area contributed by atoms with Crippen molar-refractivity contribution in [2.24, 2.45) is 0 Å². The molecular weight excluding hydrogens is 288 g/mol. The molecule has 1 atom stereocenters. The van der Waals surface area contributed by atoms with Crippen molar-refractivity contribution in [2.75, 3.05) is 18.5 Å². The normalized spacial score (nSPS) is 15.8. The lowest BCUT2D eigenvalue weighted by Crippen LogP contribution is -2.50. The lowest BCUT2D eigenvalue weighted by atomic mass is 10.1. The van der Waals surface area contributed by atoms with Gasteiger partial charge in [0.05, 0.1) is 0 Å². The zero-order chi connectivity index (χ0) is 16.8. The van der Waals surface area contributed by atoms with Crippen LogP contribution in [-0.2, 0) is 16.0 Å². The number of nitrogens with zero attached hydrogens (tertiary/aromatic N) is 2. The van der Waals surface area contributed by atoms with E-state index in [9.17, 15) is 9.59 Å². The first kappa shape index (κ1) is 17.5. The van der Waals surface area contributed by atoms with Gasteiger partial charge in [-0.3, -0.25) is 14.5 Å². The van der Waals surface area contributed by atoms with E-state index in [1.165, 1.54) is 5.56 Å². The second-order valence-electron chi connectivity index (χ2n) is 6.28. The molecule has 2 rings (SSSR count). The summed E-state index contributed by atoms with van der Waals surface area (Å²) in [4.78, 5) is 29.1. The first-order valence-electron chi connectivity index (χ1n) is 8.75. The van der Waals surface area contributed by atoms with Crippen molar-refractivity contribution < 1.29 is 9.59 Å². The number of likely N-dealkylation sites (N-methyl/N-ethyl adjacent to an activating group) is 1. The Labute approximate surface area is 139 Å². The highest BCUT2D eigenvalue weighted by atomic mass is 16.2. The number of rotatable bonds is 6. The fourth-order valence-electron chi connectivity index (χ4n) is 3.21. The number of unbranched alkanes of at least 4 members (excludes halogenated alkanes) is 1. The fraction of sp³-hybridized carbons (Fsp3) is 0.579. The molecule has 0 spiro atoms. The third-order valence-electron chi connectivity index (χ3n) is 4.56. The number of amides is 2. The SMILES string of the molecule is CCCCN(C)C(=O)[C@@H](CC)N1C(=O)CCCc2ccccc21. The molecule has 0 aromatic heterocycles. The Morgan fingerprint density at radius 1 is 1.26 bits per heavy atom. The van der Waals surface area contributed by atoms with Crippen LogP contribution >= 0.6 is 0 Å². The van der Waals surface area contributed by atoms with Crippen molar-refractivity contribution in [3.63, 3.8) is 0 Å². The van der Waals surface area contributed by atoms with E-state index in [0.29, 0.717) is 12.8 Å². The van der Waals surface area contributed by atoms with Crippen LogP contribution in [0, 0.1) is 0 Å². The third kappa shape index (κ3) is 3.92. The summed E-state index contributed by atoms with van der Waals surface area (Å²) in [5.41, 5.74) is 2.08. The number of benzene rings is 1. The minimum Gasteiger partial charge on any atom is -0.344 e. The molecule has 1 aliphatic heterocycles. The van der Waals surface area contributed by atoms with Gasteiger partial charge in [0.25, 0.3) is 0 Å². The molecule has 0 unspecified atom stereocenters. The quantitative estimate of drug-likeness (QED) is 0.807. The number of aryl methyl sites for hydroxylation is 1. The molecule has 1 heterocycles. The summed E-state index contributed by atoms with van der Waals surface area (Å²) in [5, 5.41) is 0. The Kier molecular flexibility index (Phi) is 6.20. The van der Waals surface area contributed by atoms with Gasteiger partial charge in [-0.25, -0.2) is 0 Å². The molecule has 23 heavy (non-hydrogen) atoms. The Morgan fingerprint density at radius 2 is 2.00 bits per heavy atom. The average molecular weight is 316 g/mol. The Morgan fingerprint density at radius 3 is 2.70 bits per heavy atom. The molecule has 0 aliphatic carbocycles. The van der Waals surface area contributed by atoms with Crippen LogP contribution in [0.2, 0.25) is 0 Å². The van der Waals surface area contributed by atoms with E-state index < -0.39 is 6.04 Å². The first-order chi connectivity index (χ1) is 11.1. The summed E-state index contributed by atoms with van der Waals surface area (Å²) in [7, 11) is 1.84. The number of para-hydroxylation sites is 1. The highest BCUT2D eigenvalue weighted by molar-refractivity contribution is 6.01. The number of carbonyl (C=O) groups excluding carboxylic acids is 2. The summed E-state index contributed by atoms with van der Waals surface area (Å²) in [5.74, 6) is 0.116. The molecule has 1 aromatic rings. The van der Waals surface area contributed by atoms with Gasteiger partial charge in [0.1, 0.15) is 6.04 Å². The highest BCUT2D eigenvalue weighted by Gasteiger charge is 2.33. The molecule has 0 N–H and O–H groups in total. The maximum absolute atomic E-state index is 12.9. The zero-order valence-electron chi connectivity index (χ0n) is 14.5. The number of anilines is 1. The van der Waals surface area contributed by atoms with Gasteiger partial charge in [-0.2, -0.15) is 0 Å². The maximum Gasteiger partial charge on any atom is 0.245 e. The highest BCUT2D eigenvalue weighted by Crippen LogP contribution is 2.29. The topological polar surface area (TPSA) is 40.6 Å². The summed E-state index contributed by atoms with van der Waals surface area (Å²) in [6.45, 7) is 4.84. The van der Waals surface area contributed by atoms with Gasteiger partial charge in [0, 0.05) is 25.7 Å². The van der Waals surface area contributed by atoms with E-state index >= 15 is 0 Å². The van der Waals surface area contributed by atoms with Crippen LogP contribution in [0.1, 0.15) is 51.5 Å². The second-order valence-corrected chi connectivity index (χ2v) is 6.28. The molecule has 1 aliphatic rings. The summed E-state index contributed by atoms with van der Waals surface area (Å²) < 4.78 is 0. The van der Waals surface area contributed by atoms with Crippen molar-refractivity contribution in [3.05, 3.63) is 29.8 Å². The van der Waals surface area contributed by atoms with Crippen molar-refractivity contribution in [2.45, 2.75) is 58.4 Å². The van der Waals surface area contributed by atoms with Crippen molar-refractivity contribution in [1.29, 1.82) is 0 Å². The minimum absolute atomic E-state index is 0.0472. The lowest BCUT2D eigenvalue weighted by molar-refractivity contribution is -0.133. The van der Waals surface area contributed by atoms with Gasteiger partial charge in [-0.15, -0.1) is 0 Å². The van der Waals surface area contributed by atoms with Gasteiger partial charge in [0.2, 0.25) is 11.8 Å². The van der Waals surface area contributed by atoms with Crippen LogP contribution < -0.4 is 4.90 Å². The molecule has 1 aromatic carbocycles. The van der Waals surface area contributed by atoms with Crippen molar-refractivity contribution in [3.8, 4) is 0 Å². The fourth-order valence-corrected chi connectivity index (χ4v) is 3.21. The van der Waals surface area contributed by atoms with Crippen LogP contribution in [0.3, 0.4) is 0 Å². The van der Waals surface area contributed by atoms with Crippen molar-refractivity contribution in [1.82, 2.24) is 4.90 Å². The Hall–Kier alpha value is -1.84. The number of fused-ring (bicyclic) bond motifs is 1. The molecule has 0 saturated carbocycles. The van der Waals surface area contributed by atoms with E-state index in [-0.39, 0.29) is 11.8 Å². The largest absolute Gasteiger partial charge is 0.344 e. The molecule has 0 fully saturated rings. The summed E-state index contributed by atoms with van der Waals surface area (Å²) in [6, 6.07) is 7.59. The molecule has 2 amide bonds. The third-order valence-corrected chi connectivity index (χ3v) is 4.56. The molecule has 4 heteroatoms. The summed E-state index contributed by atoms with van der Waals surface area (Å²) >= 11 is 0. The minimum atomic E-state index is -0.399. The van der Waals surface area contributed by atoms with Gasteiger partial charge in [0.15, 0.2) is 0 Å². The van der Waals surface area contributed by atoms with E-state index in [4.69, 9.17) is 0 Å². The smallest absolute Gasteiger partial charge is 0.245 e. The van der Waals surface area contributed by atoms with E-state index in [1.54, 1.807) is 9.80 Å². The lowest BCUT2D eigenvalue weighted by Gasteiger charge is -2.33. The first-order valence-corrected chi connectivity index (χ1v) is 8.75. The van der Waals surface area contributed by atoms with Gasteiger partial charge < -0.3 is 4.90 Å². The van der Waals surface area contributed by atoms with Crippen LogP contribution in [0.4, 0.5) is 5.69 Å². The van der Waals surface area contributed by atoms with E-state index in [2.05, 4.69) is 13.0 Å². The molecule has 126 valence electrons. The van der Waals surface area contributed by atoms with Crippen LogP contribution in [0.15, 0.2) is 24.3 Å². The number of hydrogen-bond donors (Lipinski definition) is 0. The standard InChI is InChI=1S/C19H28N2O2/c1-4-6-14-20(3)19(23)16(5-2)21-17-12-8-7-10-15(17)11-9-13-18(21)22/h7-8,10,12,16H,4-6,9,11,13-14H2,1-3H3/t16-/m1/s1. The molecule has 4 nitrogen and oxygen atoms in total. The van der Waals surface area contributed by atoms with Gasteiger partial charge >= 0.3 is 0 Å². The molecular formula is C19H28N2O2. The Bertz CT molecular complexity index is 556. The zero-order valence-corrected chi connectivity index (χ0v) is 14.5. The maximum atomic E-state index is 12.9. The number of carbonyl (C=O) groups is 2. The van der Waals surface area contributed by atoms with Crippen LogP contribution in [0.5, 0.6) is 0 Å². The van der Waals surface area contributed by atoms with Gasteiger partial charge in [-0.05, 0) is 37.3 Å². The van der Waals surface area contributed by atoms with E-state index in [1.807, 2.05) is 32.2 Å². The Balaban J connectivity index is 2.31. The predicted molar refractivity (Wildman–Crippen MR) is 93.5 cm³/mol. The number of hydrogen-bond acceptors (Lipinski definition) is 2. The van der Waals surface area contributed by atoms with Crippen LogP contribution in [0.25, 0.3) is 0 Å². The summed E-state index contributed by atoms with van der Waals surface area (Å²) in [6.07, 6.45) is 4.94. The second kappa shape index (κ2) is 8.14. The molecule has 0 saturated heterocycles. The average Bonchev–Trinajstić information content (AvgIpc) is 2.72.